The van der Waals surface area contributed by atoms with Gasteiger partial charge in [-0.1, -0.05) is 18.7 Å². The van der Waals surface area contributed by atoms with Crippen molar-refractivity contribution < 1.29 is 22.3 Å². The number of nitrogens with zero attached hydrogens (tertiary/aromatic N) is 2. The van der Waals surface area contributed by atoms with Gasteiger partial charge < -0.3 is 9.64 Å². The Balaban J connectivity index is 1.88. The number of carbonyl (C=O) groups excluding carboxylic acids is 1. The molecule has 0 aliphatic carbocycles. The molecule has 1 fully saturated rings. The van der Waals surface area contributed by atoms with Crippen LogP contribution in [0.3, 0.4) is 0 Å². The lowest BCUT2D eigenvalue weighted by Gasteiger charge is -2.44. The molecule has 1 heterocycles. The lowest BCUT2D eigenvalue weighted by molar-refractivity contribution is -0.131. The first-order valence-electron chi connectivity index (χ1n) is 10.7. The number of ether oxygens (including phenoxy) is 1. The minimum Gasteiger partial charge on any atom is -0.484 e. The number of primary sulfonamides is 1. The molecule has 1 aliphatic rings. The van der Waals surface area contributed by atoms with Crippen LogP contribution in [-0.2, 0) is 14.8 Å². The second kappa shape index (κ2) is 10.0. The highest BCUT2D eigenvalue weighted by Gasteiger charge is 2.33. The number of aryl methyl sites for hydroxylation is 1. The summed E-state index contributed by atoms with van der Waals surface area (Å²) in [5, 5.41) is 5.18. The summed E-state index contributed by atoms with van der Waals surface area (Å²) in [5.74, 6) is 0.0135. The van der Waals surface area contributed by atoms with Crippen molar-refractivity contribution in [3.63, 3.8) is 0 Å². The fourth-order valence-corrected chi connectivity index (χ4v) is 4.59. The van der Waals surface area contributed by atoms with Gasteiger partial charge in [0.05, 0.1) is 4.90 Å². The third-order valence-electron chi connectivity index (χ3n) is 6.07. The molecule has 2 aromatic rings. The van der Waals surface area contributed by atoms with Gasteiger partial charge in [-0.3, -0.25) is 9.69 Å². The zero-order chi connectivity index (χ0) is 24.3. The van der Waals surface area contributed by atoms with Crippen molar-refractivity contribution in [2.75, 3.05) is 19.6 Å². The smallest absolute Gasteiger partial charge is 0.246 e. The van der Waals surface area contributed by atoms with Gasteiger partial charge in [0.25, 0.3) is 0 Å². The van der Waals surface area contributed by atoms with Crippen LogP contribution in [0.2, 0.25) is 0 Å². The van der Waals surface area contributed by atoms with Crippen molar-refractivity contribution in [1.82, 2.24) is 9.80 Å². The summed E-state index contributed by atoms with van der Waals surface area (Å²) in [6.07, 6.45) is 0.788. The molecular formula is C24H30FN3O4S. The quantitative estimate of drug-likeness (QED) is 0.622. The lowest BCUT2D eigenvalue weighted by atomic mass is 9.99. The standard InChI is InChI=1S/C24H30FN3O4S/c1-5-23(29)28-13-12-27(15-17(28)3)18(4)24(19-7-6-16(2)22(25)14-19)32-20-8-10-21(11-9-20)33(26,30)31/h5-11,14,17-18,24H,1,12-13,15H2,2-4H3,(H2,26,30,31)/t17-,18+,24+/m1/s1. The van der Waals surface area contributed by atoms with Crippen LogP contribution in [0.15, 0.2) is 60.0 Å². The van der Waals surface area contributed by atoms with E-state index in [4.69, 9.17) is 9.88 Å². The topological polar surface area (TPSA) is 92.9 Å². The van der Waals surface area contributed by atoms with Crippen molar-refractivity contribution in [3.8, 4) is 5.75 Å². The van der Waals surface area contributed by atoms with Crippen LogP contribution < -0.4 is 9.88 Å². The molecule has 3 rings (SSSR count). The number of sulfonamides is 1. The van der Waals surface area contributed by atoms with Gasteiger partial charge in [-0.15, -0.1) is 0 Å². The zero-order valence-electron chi connectivity index (χ0n) is 19.1. The van der Waals surface area contributed by atoms with Crippen LogP contribution in [0.25, 0.3) is 0 Å². The van der Waals surface area contributed by atoms with Gasteiger partial charge >= 0.3 is 0 Å². The number of benzene rings is 2. The molecule has 1 aliphatic heterocycles. The van der Waals surface area contributed by atoms with Crippen LogP contribution >= 0.6 is 0 Å². The summed E-state index contributed by atoms with van der Waals surface area (Å²) in [6, 6.07) is 10.7. The van der Waals surface area contributed by atoms with Crippen LogP contribution in [-0.4, -0.2) is 55.8 Å². The summed E-state index contributed by atoms with van der Waals surface area (Å²) >= 11 is 0. The second-order valence-electron chi connectivity index (χ2n) is 8.38. The molecule has 0 bridgehead atoms. The van der Waals surface area contributed by atoms with Crippen LogP contribution in [0.5, 0.6) is 5.75 Å². The normalized spacial score (nSPS) is 19.1. The third-order valence-corrected chi connectivity index (χ3v) is 7.00. The molecule has 2 N–H and O–H groups in total. The SMILES string of the molecule is C=CC(=O)N1CCN([C@@H](C)[C@H](Oc2ccc(S(N)(=O)=O)cc2)c2ccc(C)c(F)c2)C[C@H]1C. The Bertz CT molecular complexity index is 1120. The Labute approximate surface area is 194 Å². The zero-order valence-corrected chi connectivity index (χ0v) is 19.9. The van der Waals surface area contributed by atoms with Gasteiger partial charge in [0.1, 0.15) is 17.7 Å². The molecule has 9 heteroatoms. The molecule has 0 saturated carbocycles. The van der Waals surface area contributed by atoms with Crippen molar-refractivity contribution in [2.45, 2.75) is 43.9 Å². The number of hydrogen-bond acceptors (Lipinski definition) is 5. The van der Waals surface area contributed by atoms with E-state index in [1.54, 1.807) is 17.9 Å². The minimum atomic E-state index is -3.82. The molecule has 7 nitrogen and oxygen atoms in total. The number of carbonyl (C=O) groups is 1. The van der Waals surface area contributed by atoms with E-state index in [0.717, 1.165) is 0 Å². The highest BCUT2D eigenvalue weighted by Crippen LogP contribution is 2.30. The Kier molecular flexibility index (Phi) is 7.56. The van der Waals surface area contributed by atoms with Crippen LogP contribution in [0, 0.1) is 12.7 Å². The van der Waals surface area contributed by atoms with Crippen molar-refractivity contribution in [3.05, 3.63) is 72.1 Å². The van der Waals surface area contributed by atoms with Crippen molar-refractivity contribution in [1.29, 1.82) is 0 Å². The van der Waals surface area contributed by atoms with Gasteiger partial charge in [0, 0.05) is 31.7 Å². The minimum absolute atomic E-state index is 0.0161. The van der Waals surface area contributed by atoms with Gasteiger partial charge in [0.15, 0.2) is 0 Å². The predicted octanol–water partition coefficient (Wildman–Crippen LogP) is 3.01. The molecule has 0 radical (unpaired) electrons. The second-order valence-corrected chi connectivity index (χ2v) is 9.95. The van der Waals surface area contributed by atoms with E-state index >= 15 is 0 Å². The first-order valence-corrected chi connectivity index (χ1v) is 12.3. The van der Waals surface area contributed by atoms with E-state index in [0.29, 0.717) is 36.5 Å². The van der Waals surface area contributed by atoms with Gasteiger partial charge in [-0.25, -0.2) is 17.9 Å². The lowest BCUT2D eigenvalue weighted by Crippen LogP contribution is -2.57. The number of halogens is 1. The number of piperazine rings is 1. The molecule has 0 unspecified atom stereocenters. The van der Waals surface area contributed by atoms with Gasteiger partial charge in [-0.2, -0.15) is 0 Å². The van der Waals surface area contributed by atoms with E-state index in [1.165, 1.54) is 36.4 Å². The van der Waals surface area contributed by atoms with E-state index in [2.05, 4.69) is 11.5 Å². The molecule has 178 valence electrons. The largest absolute Gasteiger partial charge is 0.484 e. The average molecular weight is 476 g/mol. The van der Waals surface area contributed by atoms with E-state index in [-0.39, 0.29) is 28.7 Å². The van der Waals surface area contributed by atoms with E-state index < -0.39 is 16.1 Å². The highest BCUT2D eigenvalue weighted by atomic mass is 32.2. The predicted molar refractivity (Wildman–Crippen MR) is 125 cm³/mol. The molecule has 0 spiro atoms. The van der Waals surface area contributed by atoms with Crippen molar-refractivity contribution >= 4 is 15.9 Å². The molecule has 3 atom stereocenters. The van der Waals surface area contributed by atoms with E-state index in [9.17, 15) is 17.6 Å². The Morgan fingerprint density at radius 2 is 1.91 bits per heavy atom. The number of rotatable bonds is 7. The van der Waals surface area contributed by atoms with Crippen molar-refractivity contribution in [2.24, 2.45) is 5.14 Å². The number of amides is 1. The fraction of sp³-hybridized carbons (Fsp3) is 0.375. The summed E-state index contributed by atoms with van der Waals surface area (Å²) in [4.78, 5) is 16.1. The summed E-state index contributed by atoms with van der Waals surface area (Å²) < 4.78 is 43.8. The maximum atomic E-state index is 14.4. The highest BCUT2D eigenvalue weighted by molar-refractivity contribution is 7.89. The molecule has 2 aromatic carbocycles. The summed E-state index contributed by atoms with van der Waals surface area (Å²) in [7, 11) is -3.82. The Morgan fingerprint density at radius 1 is 1.24 bits per heavy atom. The Morgan fingerprint density at radius 3 is 2.45 bits per heavy atom. The van der Waals surface area contributed by atoms with E-state index in [1.807, 2.05) is 19.9 Å². The maximum Gasteiger partial charge on any atom is 0.246 e. The Hall–Kier alpha value is -2.75. The molecule has 33 heavy (non-hydrogen) atoms. The average Bonchev–Trinajstić information content (AvgIpc) is 2.78. The molecule has 0 aromatic heterocycles. The van der Waals surface area contributed by atoms with Gasteiger partial charge in [0.2, 0.25) is 15.9 Å². The number of hydrogen-bond donors (Lipinski definition) is 1. The summed E-state index contributed by atoms with van der Waals surface area (Å²) in [6.45, 7) is 11.0. The molecule has 1 amide bonds. The summed E-state index contributed by atoms with van der Waals surface area (Å²) in [5.41, 5.74) is 1.20. The maximum absolute atomic E-state index is 14.4. The molecule has 1 saturated heterocycles. The molecular weight excluding hydrogens is 445 g/mol. The third kappa shape index (κ3) is 5.79. The first kappa shape index (κ1) is 24.9. The number of nitrogens with two attached hydrogens (primary N) is 1. The van der Waals surface area contributed by atoms with Crippen LogP contribution in [0.4, 0.5) is 4.39 Å². The monoisotopic (exact) mass is 475 g/mol. The fourth-order valence-electron chi connectivity index (χ4n) is 4.08. The first-order chi connectivity index (χ1) is 15.5. The van der Waals surface area contributed by atoms with Crippen LogP contribution in [0.1, 0.15) is 31.1 Å². The van der Waals surface area contributed by atoms with Gasteiger partial charge in [-0.05, 0) is 68.3 Å².